The lowest BCUT2D eigenvalue weighted by atomic mass is 9.98. The maximum atomic E-state index is 10.0. The number of nitrogens with zero attached hydrogens (tertiary/aromatic N) is 1. The highest BCUT2D eigenvalue weighted by Crippen LogP contribution is 2.30. The summed E-state index contributed by atoms with van der Waals surface area (Å²) in [6.07, 6.45) is 1.31. The molecule has 0 bridgehead atoms. The van der Waals surface area contributed by atoms with Crippen LogP contribution in [0, 0.1) is 0 Å². The molecular weight excluding hydrogens is 200 g/mol. The van der Waals surface area contributed by atoms with Crippen molar-refractivity contribution in [1.82, 2.24) is 0 Å². The van der Waals surface area contributed by atoms with Crippen LogP contribution in [0.15, 0.2) is 18.2 Å². The normalized spacial score (nSPS) is 18.4. The third kappa shape index (κ3) is 1.93. The molecule has 1 aromatic carbocycles. The molecule has 0 saturated carbocycles. The Hall–Kier alpha value is -1.06. The van der Waals surface area contributed by atoms with Crippen LogP contribution >= 0.6 is 0 Å². The molecule has 2 rings (SSSR count). The first-order valence-electron chi connectivity index (χ1n) is 5.91. The molecule has 1 aliphatic heterocycles. The van der Waals surface area contributed by atoms with E-state index < -0.39 is 6.10 Å². The molecule has 3 heteroatoms. The van der Waals surface area contributed by atoms with E-state index in [1.54, 1.807) is 0 Å². The van der Waals surface area contributed by atoms with E-state index in [1.807, 2.05) is 13.0 Å². The lowest BCUT2D eigenvalue weighted by Gasteiger charge is -2.19. The molecule has 2 unspecified atom stereocenters. The van der Waals surface area contributed by atoms with Crippen molar-refractivity contribution in [2.24, 2.45) is 5.73 Å². The minimum Gasteiger partial charge on any atom is -0.387 e. The Labute approximate surface area is 96.9 Å². The molecule has 0 amide bonds. The summed E-state index contributed by atoms with van der Waals surface area (Å²) in [5, 5.41) is 10.0. The fraction of sp³-hybridized carbons (Fsp3) is 0.538. The predicted octanol–water partition coefficient (Wildman–Crippen LogP) is 1.45. The van der Waals surface area contributed by atoms with Crippen LogP contribution in [0.5, 0.6) is 0 Å². The Balaban J connectivity index is 2.25. The van der Waals surface area contributed by atoms with E-state index in [0.717, 1.165) is 24.9 Å². The van der Waals surface area contributed by atoms with Crippen molar-refractivity contribution in [3.8, 4) is 0 Å². The fourth-order valence-electron chi connectivity index (χ4n) is 2.24. The lowest BCUT2D eigenvalue weighted by Crippen LogP contribution is -2.27. The van der Waals surface area contributed by atoms with Crippen molar-refractivity contribution < 1.29 is 5.11 Å². The lowest BCUT2D eigenvalue weighted by molar-refractivity contribution is 0.144. The molecule has 0 radical (unpaired) electrons. The number of benzene rings is 1. The minimum atomic E-state index is -0.541. The number of likely N-dealkylation sites (N-methyl/N-ethyl adjacent to an activating group) is 1. The molecule has 2 atom stereocenters. The molecule has 1 aromatic rings. The fourth-order valence-corrected chi connectivity index (χ4v) is 2.24. The van der Waals surface area contributed by atoms with Gasteiger partial charge in [-0.3, -0.25) is 0 Å². The number of anilines is 1. The molecule has 0 fully saturated rings. The second-order valence-corrected chi connectivity index (χ2v) is 4.58. The zero-order valence-corrected chi connectivity index (χ0v) is 9.98. The van der Waals surface area contributed by atoms with Crippen LogP contribution in [0.3, 0.4) is 0 Å². The Bertz CT molecular complexity index is 378. The van der Waals surface area contributed by atoms with E-state index in [9.17, 15) is 5.11 Å². The van der Waals surface area contributed by atoms with E-state index in [0.29, 0.717) is 0 Å². The highest BCUT2D eigenvalue weighted by atomic mass is 16.3. The van der Waals surface area contributed by atoms with Crippen LogP contribution in [0.1, 0.15) is 30.6 Å². The van der Waals surface area contributed by atoms with E-state index in [2.05, 4.69) is 24.1 Å². The van der Waals surface area contributed by atoms with Crippen LogP contribution in [0.25, 0.3) is 0 Å². The summed E-state index contributed by atoms with van der Waals surface area (Å²) in [6, 6.07) is 6.00. The van der Waals surface area contributed by atoms with Crippen molar-refractivity contribution in [1.29, 1.82) is 0 Å². The summed E-state index contributed by atoms with van der Waals surface area (Å²) >= 11 is 0. The van der Waals surface area contributed by atoms with Crippen LogP contribution in [0.4, 0.5) is 5.69 Å². The Morgan fingerprint density at radius 2 is 2.25 bits per heavy atom. The van der Waals surface area contributed by atoms with Crippen molar-refractivity contribution in [2.75, 3.05) is 18.5 Å². The van der Waals surface area contributed by atoms with Crippen molar-refractivity contribution in [2.45, 2.75) is 31.9 Å². The van der Waals surface area contributed by atoms with Gasteiger partial charge in [0.1, 0.15) is 0 Å². The van der Waals surface area contributed by atoms with E-state index in [4.69, 9.17) is 5.73 Å². The first-order chi connectivity index (χ1) is 7.63. The monoisotopic (exact) mass is 220 g/mol. The van der Waals surface area contributed by atoms with Crippen LogP contribution < -0.4 is 10.6 Å². The van der Waals surface area contributed by atoms with E-state index >= 15 is 0 Å². The summed E-state index contributed by atoms with van der Waals surface area (Å²) in [5.41, 5.74) is 9.41. The maximum Gasteiger partial charge on any atom is 0.0940 e. The molecule has 1 heterocycles. The summed E-state index contributed by atoms with van der Waals surface area (Å²) < 4.78 is 0. The molecule has 0 spiro atoms. The van der Waals surface area contributed by atoms with Crippen LogP contribution in [0.2, 0.25) is 0 Å². The number of fused-ring (bicyclic) bond motifs is 1. The number of nitrogens with two attached hydrogens (primary N) is 1. The first kappa shape index (κ1) is 11.4. The van der Waals surface area contributed by atoms with Crippen LogP contribution in [-0.4, -0.2) is 24.7 Å². The Kier molecular flexibility index (Phi) is 3.17. The van der Waals surface area contributed by atoms with Gasteiger partial charge in [0.2, 0.25) is 0 Å². The quantitative estimate of drug-likeness (QED) is 0.810. The number of aliphatic hydroxyl groups excluding tert-OH is 1. The number of aliphatic hydroxyl groups is 1. The standard InChI is InChI=1S/C13H20N2O/c1-3-11(14)13(16)10-4-5-12-9(8-10)6-7-15(12)2/h4-5,8,11,13,16H,3,6-7,14H2,1-2H3. The summed E-state index contributed by atoms with van der Waals surface area (Å²) in [7, 11) is 2.10. The molecule has 1 aliphatic rings. The van der Waals surface area contributed by atoms with Gasteiger partial charge in [-0.15, -0.1) is 0 Å². The molecule has 16 heavy (non-hydrogen) atoms. The predicted molar refractivity (Wildman–Crippen MR) is 66.6 cm³/mol. The largest absolute Gasteiger partial charge is 0.387 e. The van der Waals surface area contributed by atoms with Crippen molar-refractivity contribution in [3.05, 3.63) is 29.3 Å². The van der Waals surface area contributed by atoms with Crippen LogP contribution in [-0.2, 0) is 6.42 Å². The van der Waals surface area contributed by atoms with E-state index in [-0.39, 0.29) is 6.04 Å². The molecule has 0 aliphatic carbocycles. The molecule has 0 aromatic heterocycles. The third-order valence-corrected chi connectivity index (χ3v) is 3.45. The van der Waals surface area contributed by atoms with Gasteiger partial charge in [0, 0.05) is 25.3 Å². The van der Waals surface area contributed by atoms with Gasteiger partial charge in [-0.2, -0.15) is 0 Å². The average Bonchev–Trinajstić information content (AvgIpc) is 2.68. The van der Waals surface area contributed by atoms with Gasteiger partial charge in [0.15, 0.2) is 0 Å². The first-order valence-corrected chi connectivity index (χ1v) is 5.91. The van der Waals surface area contributed by atoms with Gasteiger partial charge in [-0.1, -0.05) is 19.1 Å². The number of rotatable bonds is 3. The summed E-state index contributed by atoms with van der Waals surface area (Å²) in [5.74, 6) is 0. The zero-order valence-electron chi connectivity index (χ0n) is 9.98. The van der Waals surface area contributed by atoms with E-state index in [1.165, 1.54) is 11.3 Å². The number of hydrogen-bond donors (Lipinski definition) is 2. The topological polar surface area (TPSA) is 49.5 Å². The van der Waals surface area contributed by atoms with Crippen molar-refractivity contribution >= 4 is 5.69 Å². The summed E-state index contributed by atoms with van der Waals surface area (Å²) in [4.78, 5) is 2.24. The third-order valence-electron chi connectivity index (χ3n) is 3.45. The molecule has 3 nitrogen and oxygen atoms in total. The van der Waals surface area contributed by atoms with Crippen molar-refractivity contribution in [3.63, 3.8) is 0 Å². The van der Waals surface area contributed by atoms with Gasteiger partial charge in [0.05, 0.1) is 6.10 Å². The van der Waals surface area contributed by atoms with Gasteiger partial charge in [-0.05, 0) is 30.0 Å². The number of hydrogen-bond acceptors (Lipinski definition) is 3. The molecule has 0 saturated heterocycles. The maximum absolute atomic E-state index is 10.0. The summed E-state index contributed by atoms with van der Waals surface area (Å²) in [6.45, 7) is 3.06. The second-order valence-electron chi connectivity index (χ2n) is 4.58. The molecule has 3 N–H and O–H groups in total. The average molecular weight is 220 g/mol. The molecule has 88 valence electrons. The smallest absolute Gasteiger partial charge is 0.0940 e. The Morgan fingerprint density at radius 1 is 1.50 bits per heavy atom. The SMILES string of the molecule is CCC(N)C(O)c1ccc2c(c1)CCN2C. The van der Waals surface area contributed by atoms with Gasteiger partial charge in [-0.25, -0.2) is 0 Å². The molecular formula is C13H20N2O. The highest BCUT2D eigenvalue weighted by molar-refractivity contribution is 5.58. The highest BCUT2D eigenvalue weighted by Gasteiger charge is 2.20. The second kappa shape index (κ2) is 4.44. The van der Waals surface area contributed by atoms with Gasteiger partial charge < -0.3 is 15.7 Å². The van der Waals surface area contributed by atoms with Gasteiger partial charge >= 0.3 is 0 Å². The minimum absolute atomic E-state index is 0.169. The zero-order chi connectivity index (χ0) is 11.7. The van der Waals surface area contributed by atoms with Gasteiger partial charge in [0.25, 0.3) is 0 Å². The Morgan fingerprint density at radius 3 is 2.94 bits per heavy atom.